The molecule has 2 aromatic rings. The van der Waals surface area contributed by atoms with E-state index in [2.05, 4.69) is 10.4 Å². The van der Waals surface area contributed by atoms with Crippen LogP contribution < -0.4 is 5.32 Å². The SMILES string of the molecule is CCC1(C)CC1C(=O)Nc1ccc(-n2ncc(C(=O)O)c2C(F)(F)F)cc1. The van der Waals surface area contributed by atoms with Crippen LogP contribution in [0, 0.1) is 11.3 Å². The molecule has 6 nitrogen and oxygen atoms in total. The van der Waals surface area contributed by atoms with E-state index < -0.39 is 23.4 Å². The van der Waals surface area contributed by atoms with Gasteiger partial charge < -0.3 is 10.4 Å². The molecular weight excluding hydrogens is 363 g/mol. The minimum atomic E-state index is -4.88. The van der Waals surface area contributed by atoms with Gasteiger partial charge in [0.25, 0.3) is 0 Å². The topological polar surface area (TPSA) is 84.2 Å². The Morgan fingerprint density at radius 3 is 2.44 bits per heavy atom. The molecule has 1 aliphatic rings. The predicted molar refractivity (Wildman–Crippen MR) is 90.7 cm³/mol. The van der Waals surface area contributed by atoms with Crippen LogP contribution in [0.15, 0.2) is 30.5 Å². The zero-order chi connectivity index (χ0) is 20.0. The van der Waals surface area contributed by atoms with Crippen LogP contribution in [-0.4, -0.2) is 26.8 Å². The summed E-state index contributed by atoms with van der Waals surface area (Å²) in [7, 11) is 0. The van der Waals surface area contributed by atoms with Crippen molar-refractivity contribution >= 4 is 17.6 Å². The summed E-state index contributed by atoms with van der Waals surface area (Å²) in [6.45, 7) is 4.06. The second-order valence-corrected chi connectivity index (χ2v) is 6.92. The number of benzene rings is 1. The first-order chi connectivity index (χ1) is 12.6. The summed E-state index contributed by atoms with van der Waals surface area (Å²) in [6, 6.07) is 5.60. The largest absolute Gasteiger partial charge is 0.478 e. The number of carboxylic acids is 1. The summed E-state index contributed by atoms with van der Waals surface area (Å²) in [6.07, 6.45) is -2.50. The maximum absolute atomic E-state index is 13.3. The van der Waals surface area contributed by atoms with Crippen LogP contribution in [0.5, 0.6) is 0 Å². The number of aromatic carboxylic acids is 1. The minimum Gasteiger partial charge on any atom is -0.478 e. The number of carboxylic acid groups (broad SMARTS) is 1. The molecule has 0 saturated heterocycles. The van der Waals surface area contributed by atoms with Gasteiger partial charge >= 0.3 is 12.1 Å². The molecule has 144 valence electrons. The lowest BCUT2D eigenvalue weighted by Gasteiger charge is -2.12. The maximum atomic E-state index is 13.3. The standard InChI is InChI=1S/C18H18F3N3O3/c1-3-17(2)8-13(17)15(25)23-10-4-6-11(7-5-10)24-14(18(19,20)21)12(9-22-24)16(26)27/h4-7,9,13H,3,8H2,1-2H3,(H,23,25)(H,26,27). The molecule has 2 unspecified atom stereocenters. The van der Waals surface area contributed by atoms with Crippen molar-refractivity contribution in [3.05, 3.63) is 41.7 Å². The Bertz CT molecular complexity index is 889. The first-order valence-electron chi connectivity index (χ1n) is 8.36. The average molecular weight is 381 g/mol. The first-order valence-corrected chi connectivity index (χ1v) is 8.36. The summed E-state index contributed by atoms with van der Waals surface area (Å²) >= 11 is 0. The van der Waals surface area contributed by atoms with Gasteiger partial charge in [-0.1, -0.05) is 13.8 Å². The van der Waals surface area contributed by atoms with E-state index in [0.717, 1.165) is 12.8 Å². The van der Waals surface area contributed by atoms with Gasteiger partial charge in [-0.15, -0.1) is 0 Å². The Balaban J connectivity index is 1.82. The van der Waals surface area contributed by atoms with Crippen LogP contribution in [0.25, 0.3) is 5.69 Å². The monoisotopic (exact) mass is 381 g/mol. The summed E-state index contributed by atoms with van der Waals surface area (Å²) < 4.78 is 40.3. The van der Waals surface area contributed by atoms with Crippen molar-refractivity contribution in [1.82, 2.24) is 9.78 Å². The van der Waals surface area contributed by atoms with E-state index in [4.69, 9.17) is 5.11 Å². The first kappa shape index (κ1) is 18.9. The lowest BCUT2D eigenvalue weighted by atomic mass is 10.0. The number of nitrogens with one attached hydrogen (secondary N) is 1. The molecule has 1 aliphatic carbocycles. The number of amides is 1. The Kier molecular flexibility index (Phi) is 4.49. The fourth-order valence-electron chi connectivity index (χ4n) is 3.10. The molecule has 1 aromatic carbocycles. The zero-order valence-electron chi connectivity index (χ0n) is 14.7. The van der Waals surface area contributed by atoms with Gasteiger partial charge in [-0.2, -0.15) is 18.3 Å². The summed E-state index contributed by atoms with van der Waals surface area (Å²) in [5.74, 6) is -1.89. The van der Waals surface area contributed by atoms with Crippen molar-refractivity contribution in [1.29, 1.82) is 0 Å². The van der Waals surface area contributed by atoms with E-state index in [1.807, 2.05) is 13.8 Å². The Hall–Kier alpha value is -2.84. The molecule has 1 fully saturated rings. The lowest BCUT2D eigenvalue weighted by molar-refractivity contribution is -0.143. The molecule has 0 radical (unpaired) electrons. The number of nitrogens with zero attached hydrogens (tertiary/aromatic N) is 2. The van der Waals surface area contributed by atoms with Crippen LogP contribution in [0.2, 0.25) is 0 Å². The third kappa shape index (κ3) is 3.54. The van der Waals surface area contributed by atoms with Gasteiger partial charge in [-0.3, -0.25) is 4.79 Å². The van der Waals surface area contributed by atoms with Crippen LogP contribution in [0.1, 0.15) is 42.7 Å². The van der Waals surface area contributed by atoms with E-state index in [1.54, 1.807) is 0 Å². The van der Waals surface area contributed by atoms with Gasteiger partial charge in [-0.05, 0) is 42.5 Å². The lowest BCUT2D eigenvalue weighted by Crippen LogP contribution is -2.18. The Morgan fingerprint density at radius 2 is 1.96 bits per heavy atom. The normalized spacial score (nSPS) is 21.7. The molecule has 0 spiro atoms. The Morgan fingerprint density at radius 1 is 1.33 bits per heavy atom. The van der Waals surface area contributed by atoms with E-state index >= 15 is 0 Å². The Labute approximate surface area is 153 Å². The number of anilines is 1. The maximum Gasteiger partial charge on any atom is 0.434 e. The van der Waals surface area contributed by atoms with Crippen molar-refractivity contribution in [3.8, 4) is 5.69 Å². The quantitative estimate of drug-likeness (QED) is 0.821. The molecule has 2 atom stereocenters. The highest BCUT2D eigenvalue weighted by Crippen LogP contribution is 2.55. The smallest absolute Gasteiger partial charge is 0.434 e. The average Bonchev–Trinajstić information content (AvgIpc) is 3.07. The van der Waals surface area contributed by atoms with Gasteiger partial charge in [0.1, 0.15) is 5.56 Å². The van der Waals surface area contributed by atoms with Crippen molar-refractivity contribution in [2.45, 2.75) is 32.9 Å². The molecule has 9 heteroatoms. The molecule has 3 rings (SSSR count). The van der Waals surface area contributed by atoms with Crippen molar-refractivity contribution < 1.29 is 27.9 Å². The van der Waals surface area contributed by atoms with Gasteiger partial charge in [0.15, 0.2) is 5.69 Å². The molecule has 27 heavy (non-hydrogen) atoms. The summed E-state index contributed by atoms with van der Waals surface area (Å²) in [5.41, 5.74) is -1.78. The molecule has 1 aromatic heterocycles. The summed E-state index contributed by atoms with van der Waals surface area (Å²) in [5, 5.41) is 15.3. The number of carbonyl (C=O) groups excluding carboxylic acids is 1. The highest BCUT2D eigenvalue weighted by atomic mass is 19.4. The van der Waals surface area contributed by atoms with Gasteiger partial charge in [0.2, 0.25) is 5.91 Å². The fraction of sp³-hybridized carbons (Fsp3) is 0.389. The third-order valence-electron chi connectivity index (χ3n) is 5.12. The van der Waals surface area contributed by atoms with Crippen LogP contribution in [0.3, 0.4) is 0 Å². The third-order valence-corrected chi connectivity index (χ3v) is 5.12. The van der Waals surface area contributed by atoms with Crippen LogP contribution >= 0.6 is 0 Å². The number of rotatable bonds is 5. The second-order valence-electron chi connectivity index (χ2n) is 6.92. The highest BCUT2D eigenvalue weighted by Gasteiger charge is 2.52. The molecule has 1 heterocycles. The van der Waals surface area contributed by atoms with Crippen LogP contribution in [0.4, 0.5) is 18.9 Å². The van der Waals surface area contributed by atoms with Crippen molar-refractivity contribution in [3.63, 3.8) is 0 Å². The fourth-order valence-corrected chi connectivity index (χ4v) is 3.10. The molecule has 1 amide bonds. The molecule has 0 aliphatic heterocycles. The number of carbonyl (C=O) groups is 2. The van der Waals surface area contributed by atoms with Crippen LogP contribution in [-0.2, 0) is 11.0 Å². The van der Waals surface area contributed by atoms with Gasteiger partial charge in [0.05, 0.1) is 11.9 Å². The van der Waals surface area contributed by atoms with Crippen molar-refractivity contribution in [2.75, 3.05) is 5.32 Å². The molecular formula is C18H18F3N3O3. The molecule has 2 N–H and O–H groups in total. The second kappa shape index (κ2) is 6.40. The van der Waals surface area contributed by atoms with E-state index in [1.165, 1.54) is 24.3 Å². The van der Waals surface area contributed by atoms with E-state index in [0.29, 0.717) is 16.6 Å². The number of aromatic nitrogens is 2. The number of alkyl halides is 3. The van der Waals surface area contributed by atoms with Gasteiger partial charge in [0, 0.05) is 11.6 Å². The highest BCUT2D eigenvalue weighted by molar-refractivity contribution is 5.95. The number of hydrogen-bond donors (Lipinski definition) is 2. The minimum absolute atomic E-state index is 0.00786. The van der Waals surface area contributed by atoms with Gasteiger partial charge in [-0.25, -0.2) is 9.48 Å². The predicted octanol–water partition coefficient (Wildman–Crippen LogP) is 3.96. The summed E-state index contributed by atoms with van der Waals surface area (Å²) in [4.78, 5) is 23.3. The van der Waals surface area contributed by atoms with Crippen molar-refractivity contribution in [2.24, 2.45) is 11.3 Å². The van der Waals surface area contributed by atoms with E-state index in [-0.39, 0.29) is 22.9 Å². The molecule has 1 saturated carbocycles. The zero-order valence-corrected chi connectivity index (χ0v) is 14.7. The molecule has 0 bridgehead atoms. The number of halogens is 3. The van der Waals surface area contributed by atoms with E-state index in [9.17, 15) is 22.8 Å². The number of hydrogen-bond acceptors (Lipinski definition) is 3.